The summed E-state index contributed by atoms with van der Waals surface area (Å²) in [5.74, 6) is -0.254. The fourth-order valence-corrected chi connectivity index (χ4v) is 1.81. The fourth-order valence-electron chi connectivity index (χ4n) is 1.81. The molecule has 0 fully saturated rings. The van der Waals surface area contributed by atoms with E-state index in [1.807, 2.05) is 0 Å². The molecule has 0 spiro atoms. The van der Waals surface area contributed by atoms with E-state index in [1.165, 1.54) is 19.3 Å². The molecule has 0 aliphatic carbocycles. The third-order valence-corrected chi connectivity index (χ3v) is 3.00. The van der Waals surface area contributed by atoms with Gasteiger partial charge in [-0.3, -0.25) is 0 Å². The van der Waals surface area contributed by atoms with Crippen molar-refractivity contribution >= 4 is 11.7 Å². The molecule has 1 aromatic carbocycles. The predicted octanol–water partition coefficient (Wildman–Crippen LogP) is 2.32. The SMILES string of the molecule is CC(O)(CNC(=O)Nc1ccc(F)cc1C#N)c1ccco1. The number of nitriles is 1. The third-order valence-electron chi connectivity index (χ3n) is 3.00. The van der Waals surface area contributed by atoms with Crippen LogP contribution in [0.15, 0.2) is 41.0 Å². The van der Waals surface area contributed by atoms with Gasteiger partial charge in [-0.2, -0.15) is 5.26 Å². The number of nitrogens with zero attached hydrogens (tertiary/aromatic N) is 1. The summed E-state index contributed by atoms with van der Waals surface area (Å²) in [5, 5.41) is 24.0. The summed E-state index contributed by atoms with van der Waals surface area (Å²) >= 11 is 0. The van der Waals surface area contributed by atoms with E-state index in [4.69, 9.17) is 9.68 Å². The van der Waals surface area contributed by atoms with Gasteiger partial charge in [-0.05, 0) is 37.3 Å². The molecular formula is C15H14FN3O3. The molecule has 0 aliphatic rings. The van der Waals surface area contributed by atoms with Crippen LogP contribution in [0.5, 0.6) is 0 Å². The Balaban J connectivity index is 1.98. The number of hydrogen-bond acceptors (Lipinski definition) is 4. The van der Waals surface area contributed by atoms with Crippen molar-refractivity contribution < 1.29 is 18.7 Å². The molecule has 1 heterocycles. The van der Waals surface area contributed by atoms with E-state index in [-0.39, 0.29) is 17.8 Å². The summed E-state index contributed by atoms with van der Waals surface area (Å²) in [6.45, 7) is 1.39. The Labute approximate surface area is 126 Å². The van der Waals surface area contributed by atoms with Gasteiger partial charge in [0.1, 0.15) is 23.2 Å². The minimum atomic E-state index is -1.37. The van der Waals surface area contributed by atoms with Crippen LogP contribution in [0.25, 0.3) is 0 Å². The Hall–Kier alpha value is -2.85. The number of carbonyl (C=O) groups is 1. The monoisotopic (exact) mass is 303 g/mol. The quantitative estimate of drug-likeness (QED) is 0.807. The molecule has 6 nitrogen and oxygen atoms in total. The van der Waals surface area contributed by atoms with E-state index >= 15 is 0 Å². The van der Waals surface area contributed by atoms with Gasteiger partial charge in [-0.1, -0.05) is 0 Å². The number of amides is 2. The zero-order valence-corrected chi connectivity index (χ0v) is 11.8. The summed E-state index contributed by atoms with van der Waals surface area (Å²) in [6, 6.07) is 7.82. The van der Waals surface area contributed by atoms with Gasteiger partial charge >= 0.3 is 6.03 Å². The van der Waals surface area contributed by atoms with Gasteiger partial charge in [0.25, 0.3) is 0 Å². The highest BCUT2D eigenvalue weighted by molar-refractivity contribution is 5.90. The zero-order chi connectivity index (χ0) is 16.2. The normalized spacial score (nSPS) is 13.0. The number of urea groups is 1. The Bertz CT molecular complexity index is 705. The lowest BCUT2D eigenvalue weighted by Gasteiger charge is -2.21. The highest BCUT2D eigenvalue weighted by atomic mass is 19.1. The van der Waals surface area contributed by atoms with Gasteiger partial charge in [0.15, 0.2) is 0 Å². The van der Waals surface area contributed by atoms with Crippen LogP contribution < -0.4 is 10.6 Å². The molecule has 0 saturated heterocycles. The number of nitrogens with one attached hydrogen (secondary N) is 2. The van der Waals surface area contributed by atoms with E-state index in [2.05, 4.69) is 10.6 Å². The van der Waals surface area contributed by atoms with Crippen LogP contribution in [0.1, 0.15) is 18.2 Å². The molecule has 0 radical (unpaired) electrons. The van der Waals surface area contributed by atoms with Crippen LogP contribution >= 0.6 is 0 Å². The van der Waals surface area contributed by atoms with Crippen molar-refractivity contribution in [3.63, 3.8) is 0 Å². The van der Waals surface area contributed by atoms with Gasteiger partial charge in [-0.15, -0.1) is 0 Å². The Kier molecular flexibility index (Phi) is 4.44. The lowest BCUT2D eigenvalue weighted by molar-refractivity contribution is 0.0372. The topological polar surface area (TPSA) is 98.3 Å². The maximum atomic E-state index is 13.0. The van der Waals surface area contributed by atoms with Crippen molar-refractivity contribution in [3.8, 4) is 6.07 Å². The zero-order valence-electron chi connectivity index (χ0n) is 11.8. The predicted molar refractivity (Wildman–Crippen MR) is 76.4 cm³/mol. The van der Waals surface area contributed by atoms with Gasteiger partial charge in [0, 0.05) is 0 Å². The second kappa shape index (κ2) is 6.28. The molecule has 114 valence electrons. The second-order valence-electron chi connectivity index (χ2n) is 4.86. The summed E-state index contributed by atoms with van der Waals surface area (Å²) in [4.78, 5) is 11.8. The lowest BCUT2D eigenvalue weighted by atomic mass is 10.0. The lowest BCUT2D eigenvalue weighted by Crippen LogP contribution is -2.40. The maximum absolute atomic E-state index is 13.0. The maximum Gasteiger partial charge on any atom is 0.319 e. The van der Waals surface area contributed by atoms with Crippen molar-refractivity contribution in [1.82, 2.24) is 5.32 Å². The standard InChI is InChI=1S/C15H14FN3O3/c1-15(21,13-3-2-6-22-13)9-18-14(20)19-12-5-4-11(16)7-10(12)8-17/h2-7,21H,9H2,1H3,(H2,18,19,20). The van der Waals surface area contributed by atoms with E-state index in [0.29, 0.717) is 5.76 Å². The van der Waals surface area contributed by atoms with Crippen LogP contribution in [-0.4, -0.2) is 17.7 Å². The highest BCUT2D eigenvalue weighted by Crippen LogP contribution is 2.20. The van der Waals surface area contributed by atoms with Gasteiger partial charge < -0.3 is 20.2 Å². The Morgan fingerprint density at radius 3 is 2.91 bits per heavy atom. The van der Waals surface area contributed by atoms with E-state index in [1.54, 1.807) is 18.2 Å². The molecule has 0 aliphatic heterocycles. The molecular weight excluding hydrogens is 289 g/mol. The van der Waals surface area contributed by atoms with Crippen LogP contribution in [0.2, 0.25) is 0 Å². The van der Waals surface area contributed by atoms with Crippen LogP contribution in [-0.2, 0) is 5.60 Å². The Morgan fingerprint density at radius 2 is 2.27 bits per heavy atom. The number of halogens is 1. The van der Waals surface area contributed by atoms with Crippen LogP contribution in [0, 0.1) is 17.1 Å². The molecule has 2 aromatic rings. The average molecular weight is 303 g/mol. The third kappa shape index (κ3) is 3.62. The molecule has 0 bridgehead atoms. The van der Waals surface area contributed by atoms with Crippen LogP contribution in [0.4, 0.5) is 14.9 Å². The van der Waals surface area contributed by atoms with Crippen molar-refractivity contribution in [2.24, 2.45) is 0 Å². The van der Waals surface area contributed by atoms with Crippen molar-refractivity contribution in [3.05, 3.63) is 53.7 Å². The number of aliphatic hydroxyl groups is 1. The minimum absolute atomic E-state index is 0.00736. The average Bonchev–Trinajstić information content (AvgIpc) is 3.02. The molecule has 1 atom stereocenters. The molecule has 1 aromatic heterocycles. The van der Waals surface area contributed by atoms with Crippen molar-refractivity contribution in [2.45, 2.75) is 12.5 Å². The molecule has 7 heteroatoms. The van der Waals surface area contributed by atoms with Crippen molar-refractivity contribution in [1.29, 1.82) is 5.26 Å². The Morgan fingerprint density at radius 1 is 1.50 bits per heavy atom. The van der Waals surface area contributed by atoms with Crippen LogP contribution in [0.3, 0.4) is 0 Å². The second-order valence-corrected chi connectivity index (χ2v) is 4.86. The first kappa shape index (κ1) is 15.5. The molecule has 0 saturated carbocycles. The number of rotatable bonds is 4. The van der Waals surface area contributed by atoms with Crippen molar-refractivity contribution in [2.75, 3.05) is 11.9 Å². The molecule has 2 amide bonds. The smallest absolute Gasteiger partial charge is 0.319 e. The molecule has 2 rings (SSSR count). The number of carbonyl (C=O) groups excluding carboxylic acids is 1. The summed E-state index contributed by atoms with van der Waals surface area (Å²) in [7, 11) is 0. The van der Waals surface area contributed by atoms with E-state index in [0.717, 1.165) is 12.1 Å². The van der Waals surface area contributed by atoms with Gasteiger partial charge in [-0.25, -0.2) is 9.18 Å². The number of anilines is 1. The van der Waals surface area contributed by atoms with Gasteiger partial charge in [0.05, 0.1) is 24.1 Å². The largest absolute Gasteiger partial charge is 0.466 e. The van der Waals surface area contributed by atoms with Gasteiger partial charge in [0.2, 0.25) is 0 Å². The number of furan rings is 1. The first-order valence-corrected chi connectivity index (χ1v) is 6.43. The molecule has 1 unspecified atom stereocenters. The highest BCUT2D eigenvalue weighted by Gasteiger charge is 2.26. The number of hydrogen-bond donors (Lipinski definition) is 3. The number of benzene rings is 1. The first-order chi connectivity index (χ1) is 10.4. The van der Waals surface area contributed by atoms with E-state index in [9.17, 15) is 14.3 Å². The molecule has 3 N–H and O–H groups in total. The van der Waals surface area contributed by atoms with E-state index < -0.39 is 17.4 Å². The first-order valence-electron chi connectivity index (χ1n) is 6.43. The molecule has 22 heavy (non-hydrogen) atoms. The summed E-state index contributed by atoms with van der Waals surface area (Å²) in [6.07, 6.45) is 1.42. The summed E-state index contributed by atoms with van der Waals surface area (Å²) < 4.78 is 18.1. The summed E-state index contributed by atoms with van der Waals surface area (Å²) in [5.41, 5.74) is -1.19. The fraction of sp³-hybridized carbons (Fsp3) is 0.200. The minimum Gasteiger partial charge on any atom is -0.466 e.